The molecule has 1 heterocycles. The lowest BCUT2D eigenvalue weighted by atomic mass is 10.0. The Hall–Kier alpha value is -0.830. The maximum atomic E-state index is 5.80. The molecule has 1 unspecified atom stereocenters. The van der Waals surface area contributed by atoms with Gasteiger partial charge in [0.1, 0.15) is 5.76 Å². The first-order valence-electron chi connectivity index (χ1n) is 3.74. The molecule has 11 heavy (non-hydrogen) atoms. The minimum Gasteiger partial charge on any atom is -0.362 e. The molecule has 3 nitrogen and oxygen atoms in total. The quantitative estimate of drug-likeness (QED) is 0.618. The normalized spacial score (nSPS) is 30.1. The van der Waals surface area contributed by atoms with Crippen molar-refractivity contribution in [2.45, 2.75) is 26.3 Å². The Balaban J connectivity index is 2.78. The number of rotatable bonds is 1. The molecule has 3 heteroatoms. The zero-order valence-electron chi connectivity index (χ0n) is 7.16. The summed E-state index contributed by atoms with van der Waals surface area (Å²) in [4.78, 5) is 5.03. The Kier molecular flexibility index (Phi) is 2.00. The SMILES string of the molecule is CC(C)C1=CC(C)(N)C=NO1. The van der Waals surface area contributed by atoms with Gasteiger partial charge in [-0.15, -0.1) is 0 Å². The van der Waals surface area contributed by atoms with Crippen LogP contribution in [0.25, 0.3) is 0 Å². The zero-order valence-corrected chi connectivity index (χ0v) is 7.16. The third kappa shape index (κ3) is 2.05. The van der Waals surface area contributed by atoms with Crippen LogP contribution in [0.3, 0.4) is 0 Å². The van der Waals surface area contributed by atoms with E-state index < -0.39 is 5.54 Å². The molecule has 0 aromatic rings. The lowest BCUT2D eigenvalue weighted by molar-refractivity contribution is 0.188. The van der Waals surface area contributed by atoms with Gasteiger partial charge in [0.05, 0.1) is 11.8 Å². The molecule has 0 aromatic carbocycles. The van der Waals surface area contributed by atoms with Crippen LogP contribution in [0.15, 0.2) is 17.0 Å². The van der Waals surface area contributed by atoms with E-state index in [0.717, 1.165) is 5.76 Å². The van der Waals surface area contributed by atoms with Gasteiger partial charge in [-0.2, -0.15) is 0 Å². The first-order valence-corrected chi connectivity index (χ1v) is 3.74. The van der Waals surface area contributed by atoms with E-state index in [4.69, 9.17) is 10.6 Å². The molecule has 0 fully saturated rings. The summed E-state index contributed by atoms with van der Waals surface area (Å²) in [6.45, 7) is 5.98. The van der Waals surface area contributed by atoms with Crippen molar-refractivity contribution < 1.29 is 4.84 Å². The molecule has 0 radical (unpaired) electrons. The van der Waals surface area contributed by atoms with Crippen LogP contribution in [-0.2, 0) is 4.84 Å². The van der Waals surface area contributed by atoms with E-state index in [0.29, 0.717) is 5.92 Å². The molecule has 1 aliphatic heterocycles. The molecule has 0 amide bonds. The van der Waals surface area contributed by atoms with Crippen molar-refractivity contribution in [2.75, 3.05) is 0 Å². The maximum Gasteiger partial charge on any atom is 0.135 e. The van der Waals surface area contributed by atoms with E-state index in [1.807, 2.05) is 26.8 Å². The highest BCUT2D eigenvalue weighted by Crippen LogP contribution is 2.18. The van der Waals surface area contributed by atoms with Crippen LogP contribution < -0.4 is 5.73 Å². The summed E-state index contributed by atoms with van der Waals surface area (Å²) in [5.41, 5.74) is 5.35. The van der Waals surface area contributed by atoms with E-state index in [-0.39, 0.29) is 0 Å². The Morgan fingerprint density at radius 2 is 2.27 bits per heavy atom. The molecular formula is C8H14N2O. The largest absolute Gasteiger partial charge is 0.362 e. The number of hydrogen-bond donors (Lipinski definition) is 1. The van der Waals surface area contributed by atoms with E-state index in [9.17, 15) is 0 Å². The number of hydrogen-bond acceptors (Lipinski definition) is 3. The molecule has 0 saturated carbocycles. The third-order valence-electron chi connectivity index (χ3n) is 1.51. The first kappa shape index (κ1) is 8.27. The van der Waals surface area contributed by atoms with Gasteiger partial charge in [0.2, 0.25) is 0 Å². The summed E-state index contributed by atoms with van der Waals surface area (Å²) in [5, 5.41) is 3.71. The summed E-state index contributed by atoms with van der Waals surface area (Å²) >= 11 is 0. The van der Waals surface area contributed by atoms with E-state index >= 15 is 0 Å². The van der Waals surface area contributed by atoms with Crippen LogP contribution in [0.5, 0.6) is 0 Å². The van der Waals surface area contributed by atoms with Crippen LogP contribution in [0.2, 0.25) is 0 Å². The second-order valence-corrected chi connectivity index (χ2v) is 3.39. The molecule has 0 aromatic heterocycles. The van der Waals surface area contributed by atoms with Crippen LogP contribution in [0, 0.1) is 5.92 Å². The molecule has 1 atom stereocenters. The molecule has 1 aliphatic rings. The topological polar surface area (TPSA) is 47.6 Å². The van der Waals surface area contributed by atoms with Gasteiger partial charge in [-0.3, -0.25) is 0 Å². The third-order valence-corrected chi connectivity index (χ3v) is 1.51. The molecule has 0 aliphatic carbocycles. The predicted molar refractivity (Wildman–Crippen MR) is 45.1 cm³/mol. The van der Waals surface area contributed by atoms with Gasteiger partial charge in [0.15, 0.2) is 0 Å². The van der Waals surface area contributed by atoms with Gasteiger partial charge in [-0.25, -0.2) is 0 Å². The first-order chi connectivity index (χ1) is 5.01. The monoisotopic (exact) mass is 154 g/mol. The van der Waals surface area contributed by atoms with Crippen LogP contribution in [-0.4, -0.2) is 11.8 Å². The van der Waals surface area contributed by atoms with Gasteiger partial charge >= 0.3 is 0 Å². The Morgan fingerprint density at radius 3 is 2.64 bits per heavy atom. The number of nitrogens with two attached hydrogens (primary N) is 1. The molecule has 0 saturated heterocycles. The minimum absolute atomic E-state index is 0.343. The molecule has 2 N–H and O–H groups in total. The van der Waals surface area contributed by atoms with Gasteiger partial charge in [-0.05, 0) is 13.0 Å². The fraction of sp³-hybridized carbons (Fsp3) is 0.625. The van der Waals surface area contributed by atoms with Crippen molar-refractivity contribution in [3.63, 3.8) is 0 Å². The molecular weight excluding hydrogens is 140 g/mol. The van der Waals surface area contributed by atoms with E-state index in [1.165, 1.54) is 0 Å². The van der Waals surface area contributed by atoms with Crippen LogP contribution >= 0.6 is 0 Å². The number of oxime groups is 1. The standard InChI is InChI=1S/C8H14N2O/c1-6(2)7-4-8(3,9)5-10-11-7/h4-6H,9H2,1-3H3. The van der Waals surface area contributed by atoms with Crippen molar-refractivity contribution in [3.8, 4) is 0 Å². The van der Waals surface area contributed by atoms with Gasteiger partial charge in [-0.1, -0.05) is 19.0 Å². The highest BCUT2D eigenvalue weighted by Gasteiger charge is 2.20. The zero-order chi connectivity index (χ0) is 8.48. The van der Waals surface area contributed by atoms with Gasteiger partial charge < -0.3 is 10.6 Å². The summed E-state index contributed by atoms with van der Waals surface area (Å²) < 4.78 is 0. The maximum absolute atomic E-state index is 5.80. The summed E-state index contributed by atoms with van der Waals surface area (Å²) in [5.74, 6) is 1.19. The Labute approximate surface area is 66.9 Å². The number of nitrogens with zero attached hydrogens (tertiary/aromatic N) is 1. The number of allylic oxidation sites excluding steroid dienone is 1. The lowest BCUT2D eigenvalue weighted by Gasteiger charge is -2.21. The summed E-state index contributed by atoms with van der Waals surface area (Å²) in [7, 11) is 0. The smallest absolute Gasteiger partial charge is 0.135 e. The van der Waals surface area contributed by atoms with E-state index in [1.54, 1.807) is 6.21 Å². The van der Waals surface area contributed by atoms with Gasteiger partial charge in [0.25, 0.3) is 0 Å². The highest BCUT2D eigenvalue weighted by molar-refractivity contribution is 5.72. The van der Waals surface area contributed by atoms with Crippen molar-refractivity contribution in [1.29, 1.82) is 0 Å². The fourth-order valence-electron chi connectivity index (χ4n) is 0.843. The van der Waals surface area contributed by atoms with Crippen molar-refractivity contribution in [3.05, 3.63) is 11.8 Å². The highest BCUT2D eigenvalue weighted by atomic mass is 16.6. The molecule has 62 valence electrons. The van der Waals surface area contributed by atoms with Crippen LogP contribution in [0.4, 0.5) is 0 Å². The second-order valence-electron chi connectivity index (χ2n) is 3.39. The van der Waals surface area contributed by atoms with Crippen LogP contribution in [0.1, 0.15) is 20.8 Å². The predicted octanol–water partition coefficient (Wildman–Crippen LogP) is 1.26. The lowest BCUT2D eigenvalue weighted by Crippen LogP contribution is -2.38. The van der Waals surface area contributed by atoms with Crippen molar-refractivity contribution in [1.82, 2.24) is 0 Å². The fourth-order valence-corrected chi connectivity index (χ4v) is 0.843. The molecule has 0 spiro atoms. The summed E-state index contributed by atoms with van der Waals surface area (Å²) in [6.07, 6.45) is 3.49. The minimum atomic E-state index is -0.447. The van der Waals surface area contributed by atoms with E-state index in [2.05, 4.69) is 5.16 Å². The Morgan fingerprint density at radius 1 is 1.64 bits per heavy atom. The average molecular weight is 154 g/mol. The summed E-state index contributed by atoms with van der Waals surface area (Å²) in [6, 6.07) is 0. The second kappa shape index (κ2) is 2.66. The molecule has 0 bridgehead atoms. The molecule has 1 rings (SSSR count). The van der Waals surface area contributed by atoms with Crippen molar-refractivity contribution >= 4 is 6.21 Å². The Bertz CT molecular complexity index is 204. The van der Waals surface area contributed by atoms with Crippen molar-refractivity contribution in [2.24, 2.45) is 16.8 Å². The average Bonchev–Trinajstić information content (AvgIpc) is 1.85. The van der Waals surface area contributed by atoms with Gasteiger partial charge in [0, 0.05) is 5.92 Å².